The van der Waals surface area contributed by atoms with Crippen LogP contribution in [0.2, 0.25) is 5.02 Å². The Kier molecular flexibility index (Phi) is 5.99. The van der Waals surface area contributed by atoms with Gasteiger partial charge in [0, 0.05) is 23.3 Å². The summed E-state index contributed by atoms with van der Waals surface area (Å²) in [5.41, 5.74) is 2.45. The van der Waals surface area contributed by atoms with Gasteiger partial charge < -0.3 is 10.2 Å². The van der Waals surface area contributed by atoms with E-state index in [-0.39, 0.29) is 24.3 Å². The zero-order chi connectivity index (χ0) is 17.7. The summed E-state index contributed by atoms with van der Waals surface area (Å²) in [5, 5.41) is 3.38. The number of anilines is 2. The molecule has 126 valence electrons. The summed E-state index contributed by atoms with van der Waals surface area (Å²) in [6, 6.07) is 14.5. The molecule has 0 bridgehead atoms. The molecule has 0 aliphatic rings. The van der Waals surface area contributed by atoms with E-state index in [1.807, 2.05) is 24.3 Å². The van der Waals surface area contributed by atoms with Crippen molar-refractivity contribution in [3.8, 4) is 0 Å². The van der Waals surface area contributed by atoms with Crippen molar-refractivity contribution in [2.45, 2.75) is 26.7 Å². The van der Waals surface area contributed by atoms with E-state index in [1.54, 1.807) is 24.3 Å². The SMILES string of the molecule is CC(=O)N(CC(=O)Nc1ccc(Cl)cc1)c1ccccc1C(C)C. The Morgan fingerprint density at radius 1 is 1.08 bits per heavy atom. The van der Waals surface area contributed by atoms with Gasteiger partial charge in [-0.3, -0.25) is 9.59 Å². The topological polar surface area (TPSA) is 49.4 Å². The van der Waals surface area contributed by atoms with Crippen LogP contribution in [0.25, 0.3) is 0 Å². The van der Waals surface area contributed by atoms with E-state index < -0.39 is 0 Å². The maximum Gasteiger partial charge on any atom is 0.244 e. The van der Waals surface area contributed by atoms with Crippen molar-refractivity contribution in [3.63, 3.8) is 0 Å². The summed E-state index contributed by atoms with van der Waals surface area (Å²) in [7, 11) is 0. The number of nitrogens with one attached hydrogen (secondary N) is 1. The molecule has 2 aromatic carbocycles. The fourth-order valence-corrected chi connectivity index (χ4v) is 2.59. The van der Waals surface area contributed by atoms with Crippen LogP contribution in [0.1, 0.15) is 32.3 Å². The highest BCUT2D eigenvalue weighted by Crippen LogP contribution is 2.27. The second kappa shape index (κ2) is 7.97. The van der Waals surface area contributed by atoms with Crippen molar-refractivity contribution in [2.24, 2.45) is 0 Å². The minimum absolute atomic E-state index is 0.0400. The molecule has 0 aliphatic carbocycles. The molecule has 0 spiro atoms. The highest BCUT2D eigenvalue weighted by molar-refractivity contribution is 6.30. The number of para-hydroxylation sites is 1. The van der Waals surface area contributed by atoms with Crippen molar-refractivity contribution < 1.29 is 9.59 Å². The predicted octanol–water partition coefficient (Wildman–Crippen LogP) is 4.46. The van der Waals surface area contributed by atoms with Crippen molar-refractivity contribution >= 4 is 34.8 Å². The molecule has 0 unspecified atom stereocenters. The smallest absolute Gasteiger partial charge is 0.244 e. The molecule has 0 saturated heterocycles. The minimum Gasteiger partial charge on any atom is -0.325 e. The number of halogens is 1. The van der Waals surface area contributed by atoms with Gasteiger partial charge in [-0.2, -0.15) is 0 Å². The molecular formula is C19H21ClN2O2. The monoisotopic (exact) mass is 344 g/mol. The molecule has 0 aliphatic heterocycles. The van der Waals surface area contributed by atoms with Gasteiger partial charge in [-0.25, -0.2) is 0 Å². The first-order chi connectivity index (χ1) is 11.4. The van der Waals surface area contributed by atoms with Crippen LogP contribution in [0.5, 0.6) is 0 Å². The third kappa shape index (κ3) is 4.59. The summed E-state index contributed by atoms with van der Waals surface area (Å²) in [6.07, 6.45) is 0. The molecule has 0 heterocycles. The number of carbonyl (C=O) groups is 2. The number of carbonyl (C=O) groups excluding carboxylic acids is 2. The Morgan fingerprint density at radius 2 is 1.71 bits per heavy atom. The summed E-state index contributed by atoms with van der Waals surface area (Å²) >= 11 is 5.84. The lowest BCUT2D eigenvalue weighted by atomic mass is 10.0. The second-order valence-corrected chi connectivity index (χ2v) is 6.31. The van der Waals surface area contributed by atoms with Crippen LogP contribution in [-0.2, 0) is 9.59 Å². The molecule has 2 amide bonds. The van der Waals surface area contributed by atoms with Gasteiger partial charge in [0.1, 0.15) is 6.54 Å². The molecule has 5 heteroatoms. The fourth-order valence-electron chi connectivity index (χ4n) is 2.47. The molecule has 24 heavy (non-hydrogen) atoms. The Hall–Kier alpha value is -2.33. The van der Waals surface area contributed by atoms with Gasteiger partial charge in [0.2, 0.25) is 11.8 Å². The number of amides is 2. The van der Waals surface area contributed by atoms with E-state index in [1.165, 1.54) is 11.8 Å². The van der Waals surface area contributed by atoms with Crippen molar-refractivity contribution in [2.75, 3.05) is 16.8 Å². The number of hydrogen-bond acceptors (Lipinski definition) is 2. The fraction of sp³-hybridized carbons (Fsp3) is 0.263. The normalized spacial score (nSPS) is 10.5. The second-order valence-electron chi connectivity index (χ2n) is 5.87. The average molecular weight is 345 g/mol. The van der Waals surface area contributed by atoms with Gasteiger partial charge in [-0.05, 0) is 41.8 Å². The largest absolute Gasteiger partial charge is 0.325 e. The van der Waals surface area contributed by atoms with Crippen LogP contribution in [0.15, 0.2) is 48.5 Å². The molecule has 2 rings (SSSR count). The third-order valence-electron chi connectivity index (χ3n) is 3.66. The van der Waals surface area contributed by atoms with Gasteiger partial charge in [0.05, 0.1) is 0 Å². The number of nitrogens with zero attached hydrogens (tertiary/aromatic N) is 1. The molecule has 2 aromatic rings. The van der Waals surface area contributed by atoms with Crippen LogP contribution in [0.3, 0.4) is 0 Å². The van der Waals surface area contributed by atoms with E-state index in [2.05, 4.69) is 19.2 Å². The first-order valence-corrected chi connectivity index (χ1v) is 8.18. The van der Waals surface area contributed by atoms with Gasteiger partial charge in [0.15, 0.2) is 0 Å². The zero-order valence-electron chi connectivity index (χ0n) is 14.0. The molecule has 4 nitrogen and oxygen atoms in total. The number of benzene rings is 2. The van der Waals surface area contributed by atoms with E-state index in [0.29, 0.717) is 10.7 Å². The first-order valence-electron chi connectivity index (χ1n) is 7.81. The van der Waals surface area contributed by atoms with Crippen molar-refractivity contribution in [1.29, 1.82) is 0 Å². The third-order valence-corrected chi connectivity index (χ3v) is 3.91. The minimum atomic E-state index is -0.258. The highest BCUT2D eigenvalue weighted by atomic mass is 35.5. The molecule has 0 saturated carbocycles. The summed E-state index contributed by atoms with van der Waals surface area (Å²) < 4.78 is 0. The summed E-state index contributed by atoms with van der Waals surface area (Å²) in [6.45, 7) is 5.55. The van der Waals surface area contributed by atoms with E-state index in [0.717, 1.165) is 11.3 Å². The average Bonchev–Trinajstić information content (AvgIpc) is 2.54. The highest BCUT2D eigenvalue weighted by Gasteiger charge is 2.19. The Bertz CT molecular complexity index is 726. The van der Waals surface area contributed by atoms with Crippen LogP contribution < -0.4 is 10.2 Å². The van der Waals surface area contributed by atoms with Crippen molar-refractivity contribution in [1.82, 2.24) is 0 Å². The molecular weight excluding hydrogens is 324 g/mol. The Labute approximate surface area is 147 Å². The molecule has 0 atom stereocenters. The lowest BCUT2D eigenvalue weighted by molar-refractivity contribution is -0.120. The van der Waals surface area contributed by atoms with Gasteiger partial charge >= 0.3 is 0 Å². The van der Waals surface area contributed by atoms with Crippen LogP contribution in [0.4, 0.5) is 11.4 Å². The van der Waals surface area contributed by atoms with Crippen molar-refractivity contribution in [3.05, 3.63) is 59.1 Å². The van der Waals surface area contributed by atoms with Gasteiger partial charge in [-0.1, -0.05) is 43.6 Å². The number of hydrogen-bond donors (Lipinski definition) is 1. The Balaban J connectivity index is 2.18. The maximum absolute atomic E-state index is 12.3. The maximum atomic E-state index is 12.3. The van der Waals surface area contributed by atoms with Crippen LogP contribution >= 0.6 is 11.6 Å². The Morgan fingerprint density at radius 3 is 2.29 bits per heavy atom. The predicted molar refractivity (Wildman–Crippen MR) is 98.6 cm³/mol. The molecule has 0 fully saturated rings. The molecule has 1 N–H and O–H groups in total. The van der Waals surface area contributed by atoms with Crippen LogP contribution in [0, 0.1) is 0 Å². The summed E-state index contributed by atoms with van der Waals surface area (Å²) in [4.78, 5) is 25.9. The standard InChI is InChI=1S/C19H21ClN2O2/c1-13(2)17-6-4-5-7-18(17)22(14(3)23)12-19(24)21-16-10-8-15(20)9-11-16/h4-11,13H,12H2,1-3H3,(H,21,24). The lowest BCUT2D eigenvalue weighted by Crippen LogP contribution is -2.37. The van der Waals surface area contributed by atoms with E-state index in [4.69, 9.17) is 11.6 Å². The lowest BCUT2D eigenvalue weighted by Gasteiger charge is -2.25. The van der Waals surface area contributed by atoms with E-state index >= 15 is 0 Å². The first kappa shape index (κ1) is 18.0. The zero-order valence-corrected chi connectivity index (χ0v) is 14.8. The molecule has 0 radical (unpaired) electrons. The van der Waals surface area contributed by atoms with E-state index in [9.17, 15) is 9.59 Å². The van der Waals surface area contributed by atoms with Crippen LogP contribution in [-0.4, -0.2) is 18.4 Å². The quantitative estimate of drug-likeness (QED) is 0.870. The summed E-state index contributed by atoms with van der Waals surface area (Å²) in [5.74, 6) is -0.178. The number of rotatable bonds is 5. The molecule has 0 aromatic heterocycles. The van der Waals surface area contributed by atoms with Gasteiger partial charge in [-0.15, -0.1) is 0 Å². The van der Waals surface area contributed by atoms with Gasteiger partial charge in [0.25, 0.3) is 0 Å².